The summed E-state index contributed by atoms with van der Waals surface area (Å²) in [5.41, 5.74) is 2.43. The first-order valence-corrected chi connectivity index (χ1v) is 13.6. The fourth-order valence-electron chi connectivity index (χ4n) is 2.70. The fraction of sp³-hybridized carbons (Fsp3) is 0.619. The van der Waals surface area contributed by atoms with Crippen molar-refractivity contribution in [2.75, 3.05) is 5.75 Å². The summed E-state index contributed by atoms with van der Waals surface area (Å²) in [6, 6.07) is 6.15. The predicted octanol–water partition coefficient (Wildman–Crippen LogP) is 5.86. The Hall–Kier alpha value is -1.07. The molecule has 5 heteroatoms. The van der Waals surface area contributed by atoms with Crippen LogP contribution < -0.4 is 4.43 Å². The molecule has 0 aromatic heterocycles. The van der Waals surface area contributed by atoms with Gasteiger partial charge in [0.15, 0.2) is 0 Å². The highest BCUT2D eigenvalue weighted by Gasteiger charge is 2.40. The SMILES string of the molecule is CCCCCc1cccc(O[Si](C)(C)C(C)(C)C)c1C1=N[C@@H](C=O)CS1. The lowest BCUT2D eigenvalue weighted by molar-refractivity contribution is -0.108. The zero-order chi connectivity index (χ0) is 19.4. The van der Waals surface area contributed by atoms with E-state index in [0.717, 1.165) is 34.8 Å². The van der Waals surface area contributed by atoms with Crippen LogP contribution in [0.4, 0.5) is 0 Å². The number of hydrogen-bond donors (Lipinski definition) is 0. The third-order valence-electron chi connectivity index (χ3n) is 5.38. The Morgan fingerprint density at radius 2 is 2.04 bits per heavy atom. The molecule has 0 spiro atoms. The van der Waals surface area contributed by atoms with Gasteiger partial charge < -0.3 is 9.22 Å². The van der Waals surface area contributed by atoms with Gasteiger partial charge in [0.25, 0.3) is 8.32 Å². The summed E-state index contributed by atoms with van der Waals surface area (Å²) in [5.74, 6) is 1.69. The number of aliphatic imine (C=N–C) groups is 1. The van der Waals surface area contributed by atoms with Crippen LogP contribution >= 0.6 is 11.8 Å². The molecule has 1 aliphatic heterocycles. The zero-order valence-corrected chi connectivity index (χ0v) is 18.9. The minimum Gasteiger partial charge on any atom is -0.543 e. The van der Waals surface area contributed by atoms with Crippen LogP contribution in [0.25, 0.3) is 0 Å². The number of unbranched alkanes of at least 4 members (excludes halogenated alkanes) is 2. The fourth-order valence-corrected chi connectivity index (χ4v) is 4.80. The molecule has 3 nitrogen and oxygen atoms in total. The second-order valence-electron chi connectivity index (χ2n) is 8.56. The Labute approximate surface area is 164 Å². The molecule has 0 unspecified atom stereocenters. The van der Waals surface area contributed by atoms with Gasteiger partial charge in [-0.15, -0.1) is 11.8 Å². The summed E-state index contributed by atoms with van der Waals surface area (Å²) >= 11 is 1.68. The number of aldehydes is 1. The number of thioether (sulfide) groups is 1. The van der Waals surface area contributed by atoms with E-state index in [0.29, 0.717) is 0 Å². The van der Waals surface area contributed by atoms with Crippen LogP contribution in [0.3, 0.4) is 0 Å². The van der Waals surface area contributed by atoms with Crippen LogP contribution in [0.15, 0.2) is 23.2 Å². The monoisotopic (exact) mass is 391 g/mol. The molecular weight excluding hydrogens is 358 g/mol. The number of aryl methyl sites for hydroxylation is 1. The van der Waals surface area contributed by atoms with Crippen LogP contribution in [0.5, 0.6) is 5.75 Å². The van der Waals surface area contributed by atoms with E-state index < -0.39 is 8.32 Å². The minimum atomic E-state index is -1.95. The van der Waals surface area contributed by atoms with Crippen molar-refractivity contribution in [2.45, 2.75) is 77.6 Å². The van der Waals surface area contributed by atoms with Crippen LogP contribution in [0.1, 0.15) is 58.1 Å². The Balaban J connectivity index is 2.44. The van der Waals surface area contributed by atoms with Gasteiger partial charge in [0.2, 0.25) is 0 Å². The first kappa shape index (κ1) is 21.2. The number of hydrogen-bond acceptors (Lipinski definition) is 4. The number of benzene rings is 1. The van der Waals surface area contributed by atoms with E-state index in [4.69, 9.17) is 4.43 Å². The highest BCUT2D eigenvalue weighted by molar-refractivity contribution is 8.14. The van der Waals surface area contributed by atoms with E-state index in [-0.39, 0.29) is 11.1 Å². The molecule has 0 aliphatic carbocycles. The summed E-state index contributed by atoms with van der Waals surface area (Å²) in [6.07, 6.45) is 5.58. The van der Waals surface area contributed by atoms with Crippen molar-refractivity contribution < 1.29 is 9.22 Å². The van der Waals surface area contributed by atoms with Gasteiger partial charge in [-0.05, 0) is 42.6 Å². The molecule has 0 fully saturated rings. The lowest BCUT2D eigenvalue weighted by Gasteiger charge is -2.37. The third kappa shape index (κ3) is 5.01. The standard InChI is InChI=1S/C21H33NO2SSi/c1-7-8-9-11-16-12-10-13-18(24-26(5,6)21(2,3)4)19(16)20-22-17(14-23)15-25-20/h10,12-14,17H,7-9,11,15H2,1-6H3/t17-/m0/s1. The van der Waals surface area contributed by atoms with Crippen LogP contribution in [0.2, 0.25) is 18.1 Å². The average molecular weight is 392 g/mol. The maximum Gasteiger partial charge on any atom is 0.250 e. The van der Waals surface area contributed by atoms with Crippen molar-refractivity contribution in [3.63, 3.8) is 0 Å². The molecule has 26 heavy (non-hydrogen) atoms. The molecule has 1 atom stereocenters. The van der Waals surface area contributed by atoms with E-state index in [1.807, 2.05) is 0 Å². The number of rotatable bonds is 8. The lowest BCUT2D eigenvalue weighted by atomic mass is 10.0. The van der Waals surface area contributed by atoms with Crippen molar-refractivity contribution in [3.05, 3.63) is 29.3 Å². The van der Waals surface area contributed by atoms with Gasteiger partial charge in [-0.25, -0.2) is 0 Å². The van der Waals surface area contributed by atoms with Crippen molar-refractivity contribution in [3.8, 4) is 5.75 Å². The molecule has 144 valence electrons. The molecule has 0 bridgehead atoms. The number of carbonyl (C=O) groups excluding carboxylic acids is 1. The summed E-state index contributed by atoms with van der Waals surface area (Å²) in [7, 11) is -1.95. The summed E-state index contributed by atoms with van der Waals surface area (Å²) in [6.45, 7) is 13.6. The Kier molecular flexibility index (Phi) is 7.14. The molecule has 1 aromatic carbocycles. The van der Waals surface area contributed by atoms with Crippen molar-refractivity contribution in [2.24, 2.45) is 4.99 Å². The summed E-state index contributed by atoms with van der Waals surface area (Å²) < 4.78 is 6.68. The minimum absolute atomic E-state index is 0.137. The lowest BCUT2D eigenvalue weighted by Crippen LogP contribution is -2.44. The Morgan fingerprint density at radius 1 is 1.31 bits per heavy atom. The van der Waals surface area contributed by atoms with E-state index in [2.05, 4.69) is 64.0 Å². The van der Waals surface area contributed by atoms with Crippen molar-refractivity contribution in [1.29, 1.82) is 0 Å². The molecule has 0 N–H and O–H groups in total. The van der Waals surface area contributed by atoms with Gasteiger partial charge in [-0.1, -0.05) is 52.7 Å². The molecule has 2 rings (SSSR count). The van der Waals surface area contributed by atoms with Crippen LogP contribution in [0, 0.1) is 0 Å². The Morgan fingerprint density at radius 3 is 2.62 bits per heavy atom. The second kappa shape index (κ2) is 8.74. The largest absolute Gasteiger partial charge is 0.543 e. The van der Waals surface area contributed by atoms with Gasteiger partial charge in [0.1, 0.15) is 23.1 Å². The number of carbonyl (C=O) groups is 1. The Bertz CT molecular complexity index is 664. The van der Waals surface area contributed by atoms with Crippen LogP contribution in [-0.4, -0.2) is 31.4 Å². The molecule has 0 radical (unpaired) electrons. The van der Waals surface area contributed by atoms with Crippen molar-refractivity contribution >= 4 is 31.4 Å². The molecule has 0 amide bonds. The van der Waals surface area contributed by atoms with Gasteiger partial charge >= 0.3 is 0 Å². The normalized spacial score (nSPS) is 17.9. The van der Waals surface area contributed by atoms with Gasteiger partial charge in [0.05, 0.1) is 5.56 Å². The number of nitrogens with zero attached hydrogens (tertiary/aromatic N) is 1. The van der Waals surface area contributed by atoms with E-state index in [1.165, 1.54) is 24.8 Å². The highest BCUT2D eigenvalue weighted by atomic mass is 32.2. The van der Waals surface area contributed by atoms with Crippen molar-refractivity contribution in [1.82, 2.24) is 0 Å². The maximum atomic E-state index is 11.2. The maximum absolute atomic E-state index is 11.2. The third-order valence-corrected chi connectivity index (χ3v) is 10.8. The molecule has 1 aromatic rings. The van der Waals surface area contributed by atoms with E-state index >= 15 is 0 Å². The summed E-state index contributed by atoms with van der Waals surface area (Å²) in [5, 5.41) is 1.11. The quantitative estimate of drug-likeness (QED) is 0.316. The molecule has 1 heterocycles. The van der Waals surface area contributed by atoms with Gasteiger partial charge in [-0.2, -0.15) is 0 Å². The molecule has 0 saturated heterocycles. The predicted molar refractivity (Wildman–Crippen MR) is 116 cm³/mol. The topological polar surface area (TPSA) is 38.7 Å². The first-order chi connectivity index (χ1) is 12.2. The van der Waals surface area contributed by atoms with E-state index in [9.17, 15) is 4.79 Å². The second-order valence-corrected chi connectivity index (χ2v) is 14.3. The molecule has 1 aliphatic rings. The van der Waals surface area contributed by atoms with Gasteiger partial charge in [0, 0.05) is 5.75 Å². The van der Waals surface area contributed by atoms with E-state index in [1.54, 1.807) is 11.8 Å². The summed E-state index contributed by atoms with van der Waals surface area (Å²) in [4.78, 5) is 15.8. The zero-order valence-electron chi connectivity index (χ0n) is 17.1. The molecule has 0 saturated carbocycles. The average Bonchev–Trinajstić information content (AvgIpc) is 3.02. The first-order valence-electron chi connectivity index (χ1n) is 9.66. The van der Waals surface area contributed by atoms with Gasteiger partial charge in [-0.3, -0.25) is 4.99 Å². The highest BCUT2D eigenvalue weighted by Crippen LogP contribution is 2.40. The van der Waals surface area contributed by atoms with Crippen LogP contribution in [-0.2, 0) is 11.2 Å². The molecular formula is C21H33NO2SSi. The smallest absolute Gasteiger partial charge is 0.250 e.